The van der Waals surface area contributed by atoms with Crippen LogP contribution in [0.25, 0.3) is 11.0 Å². The summed E-state index contributed by atoms with van der Waals surface area (Å²) in [5.41, 5.74) is 2.52. The Morgan fingerprint density at radius 2 is 1.96 bits per heavy atom. The molecule has 0 aliphatic carbocycles. The molecule has 0 bridgehead atoms. The van der Waals surface area contributed by atoms with Crippen LogP contribution in [-0.4, -0.2) is 18.4 Å². The smallest absolute Gasteiger partial charge is 0.347 e. The van der Waals surface area contributed by atoms with Gasteiger partial charge in [-0.25, -0.2) is 4.79 Å². The number of hydrogen-bond donors (Lipinski definition) is 0. The number of benzene rings is 1. The van der Waals surface area contributed by atoms with Crippen LogP contribution in [0.3, 0.4) is 0 Å². The Bertz CT molecular complexity index is 876. The lowest BCUT2D eigenvalue weighted by atomic mass is 9.80. The van der Waals surface area contributed by atoms with Crippen molar-refractivity contribution in [3.05, 3.63) is 39.7 Å². The molecule has 1 aromatic carbocycles. The molecule has 0 fully saturated rings. The van der Waals surface area contributed by atoms with Crippen molar-refractivity contribution in [1.29, 1.82) is 0 Å². The van der Waals surface area contributed by atoms with Gasteiger partial charge in [0.1, 0.15) is 11.1 Å². The highest BCUT2D eigenvalue weighted by atomic mass is 16.4. The Balaban J connectivity index is 2.23. The van der Waals surface area contributed by atoms with E-state index in [9.17, 15) is 9.59 Å². The summed E-state index contributed by atoms with van der Waals surface area (Å²) < 4.78 is 5.48. The lowest BCUT2D eigenvalue weighted by Crippen LogP contribution is -2.45. The molecule has 1 aliphatic heterocycles. The second-order valence-electron chi connectivity index (χ2n) is 7.89. The maximum absolute atomic E-state index is 12.2. The van der Waals surface area contributed by atoms with E-state index in [1.165, 1.54) is 5.56 Å². The van der Waals surface area contributed by atoms with E-state index >= 15 is 0 Å². The van der Waals surface area contributed by atoms with Crippen LogP contribution in [0.5, 0.6) is 0 Å². The number of hydrogen-bond acceptors (Lipinski definition) is 4. The van der Waals surface area contributed by atoms with Gasteiger partial charge in [0.2, 0.25) is 0 Å². The van der Waals surface area contributed by atoms with Crippen molar-refractivity contribution in [1.82, 2.24) is 0 Å². The second kappa shape index (κ2) is 5.47. The molecule has 2 heterocycles. The van der Waals surface area contributed by atoms with Crippen molar-refractivity contribution in [2.75, 3.05) is 11.9 Å². The van der Waals surface area contributed by atoms with Gasteiger partial charge in [-0.1, -0.05) is 20.8 Å². The van der Waals surface area contributed by atoms with Crippen molar-refractivity contribution in [2.45, 2.75) is 52.5 Å². The molecule has 1 atom stereocenters. The van der Waals surface area contributed by atoms with Gasteiger partial charge in [-0.2, -0.15) is 0 Å². The first kappa shape index (κ1) is 16.7. The van der Waals surface area contributed by atoms with E-state index < -0.39 is 5.63 Å². The van der Waals surface area contributed by atoms with E-state index in [4.69, 9.17) is 4.42 Å². The number of fused-ring (bicyclic) bond motifs is 2. The molecule has 0 N–H and O–H groups in total. The minimum Gasteiger partial charge on any atom is -0.422 e. The van der Waals surface area contributed by atoms with Crippen LogP contribution in [0, 0.1) is 5.92 Å². The second-order valence-corrected chi connectivity index (χ2v) is 7.89. The zero-order valence-corrected chi connectivity index (χ0v) is 15.3. The number of ketones is 1. The lowest BCUT2D eigenvalue weighted by molar-refractivity contribution is 0.0936. The van der Waals surface area contributed by atoms with Crippen LogP contribution in [0.15, 0.2) is 27.4 Å². The molecule has 4 heteroatoms. The van der Waals surface area contributed by atoms with Crippen LogP contribution in [0.1, 0.15) is 62.9 Å². The van der Waals surface area contributed by atoms with Crippen LogP contribution in [-0.2, 0) is 0 Å². The highest BCUT2D eigenvalue weighted by Crippen LogP contribution is 2.43. The Hall–Kier alpha value is -2.10. The van der Waals surface area contributed by atoms with Crippen LogP contribution < -0.4 is 10.5 Å². The summed E-state index contributed by atoms with van der Waals surface area (Å²) in [6, 6.07) is 5.70. The highest BCUT2D eigenvalue weighted by molar-refractivity contribution is 5.99. The van der Waals surface area contributed by atoms with Crippen molar-refractivity contribution < 1.29 is 9.21 Å². The van der Waals surface area contributed by atoms with E-state index in [-0.39, 0.29) is 22.8 Å². The number of Topliss-reactive ketones (excluding diaryl/α,β-unsaturated/α-hetero) is 1. The zero-order valence-electron chi connectivity index (χ0n) is 15.3. The summed E-state index contributed by atoms with van der Waals surface area (Å²) in [5.74, 6) is 0.00952. The normalized spacial score (nSPS) is 19.6. The van der Waals surface area contributed by atoms with Crippen LogP contribution in [0.2, 0.25) is 0 Å². The maximum atomic E-state index is 12.2. The predicted octanol–water partition coefficient (Wildman–Crippen LogP) is 4.35. The third kappa shape index (κ3) is 2.54. The largest absolute Gasteiger partial charge is 0.422 e. The van der Waals surface area contributed by atoms with Gasteiger partial charge < -0.3 is 9.32 Å². The molecule has 0 saturated heterocycles. The average Bonchev–Trinajstić information content (AvgIpc) is 2.49. The van der Waals surface area contributed by atoms with Gasteiger partial charge >= 0.3 is 5.63 Å². The lowest BCUT2D eigenvalue weighted by Gasteiger charge is -2.45. The van der Waals surface area contributed by atoms with Crippen molar-refractivity contribution in [2.24, 2.45) is 5.92 Å². The topological polar surface area (TPSA) is 50.5 Å². The van der Waals surface area contributed by atoms with Gasteiger partial charge in [-0.15, -0.1) is 0 Å². The van der Waals surface area contributed by atoms with Gasteiger partial charge in [0.25, 0.3) is 0 Å². The van der Waals surface area contributed by atoms with Gasteiger partial charge in [-0.05, 0) is 43.9 Å². The van der Waals surface area contributed by atoms with E-state index in [0.29, 0.717) is 11.5 Å². The van der Waals surface area contributed by atoms with Gasteiger partial charge in [0.05, 0.1) is 0 Å². The fraction of sp³-hybridized carbons (Fsp3) is 0.500. The Labute approximate surface area is 142 Å². The minimum atomic E-state index is -0.549. The molecule has 4 nitrogen and oxygen atoms in total. The molecular weight excluding hydrogens is 302 g/mol. The predicted molar refractivity (Wildman–Crippen MR) is 97.2 cm³/mol. The number of carbonyl (C=O) groups is 1. The monoisotopic (exact) mass is 327 g/mol. The number of carbonyl (C=O) groups excluding carboxylic acids is 1. The number of nitrogens with zero attached hydrogens (tertiary/aromatic N) is 1. The van der Waals surface area contributed by atoms with Crippen LogP contribution >= 0.6 is 0 Å². The molecular formula is C20H25NO3. The molecule has 3 rings (SSSR count). The molecule has 0 saturated carbocycles. The summed E-state index contributed by atoms with van der Waals surface area (Å²) in [5, 5.41) is 0.817. The fourth-order valence-corrected chi connectivity index (χ4v) is 3.66. The van der Waals surface area contributed by atoms with E-state index in [1.807, 2.05) is 6.07 Å². The average molecular weight is 327 g/mol. The standard InChI is InChI=1S/C20H25NO3/c1-11(2)18(22)15-8-13-7-14-12(3)10-20(4,5)21(6)16(14)9-17(13)24-19(15)23/h7-9,11-12H,10H2,1-6H3/t12-/m1/s1. The number of anilines is 1. The first-order valence-corrected chi connectivity index (χ1v) is 8.51. The van der Waals surface area contributed by atoms with Crippen LogP contribution in [0.4, 0.5) is 5.69 Å². The molecule has 0 radical (unpaired) electrons. The Morgan fingerprint density at radius 3 is 2.58 bits per heavy atom. The molecule has 0 unspecified atom stereocenters. The van der Waals surface area contributed by atoms with Gasteiger partial charge in [0.15, 0.2) is 5.78 Å². The summed E-state index contributed by atoms with van der Waals surface area (Å²) in [7, 11) is 2.07. The van der Waals surface area contributed by atoms with Crippen molar-refractivity contribution >= 4 is 22.4 Å². The molecule has 0 spiro atoms. The molecule has 0 amide bonds. The molecule has 2 aromatic rings. The van der Waals surface area contributed by atoms with Gasteiger partial charge in [0, 0.05) is 35.6 Å². The zero-order chi connectivity index (χ0) is 17.8. The third-order valence-corrected chi connectivity index (χ3v) is 5.28. The first-order chi connectivity index (χ1) is 11.1. The summed E-state index contributed by atoms with van der Waals surface area (Å²) in [4.78, 5) is 26.7. The first-order valence-electron chi connectivity index (χ1n) is 8.51. The molecule has 128 valence electrons. The summed E-state index contributed by atoms with van der Waals surface area (Å²) in [6.45, 7) is 10.2. The Kier molecular flexibility index (Phi) is 3.82. The van der Waals surface area contributed by atoms with E-state index in [2.05, 4.69) is 38.8 Å². The summed E-state index contributed by atoms with van der Waals surface area (Å²) >= 11 is 0. The molecule has 24 heavy (non-hydrogen) atoms. The fourth-order valence-electron chi connectivity index (χ4n) is 3.66. The third-order valence-electron chi connectivity index (χ3n) is 5.28. The van der Waals surface area contributed by atoms with Crippen molar-refractivity contribution in [3.8, 4) is 0 Å². The Morgan fingerprint density at radius 1 is 1.29 bits per heavy atom. The maximum Gasteiger partial charge on any atom is 0.347 e. The minimum absolute atomic E-state index is 0.0495. The van der Waals surface area contributed by atoms with Crippen molar-refractivity contribution in [3.63, 3.8) is 0 Å². The molecule has 1 aliphatic rings. The quantitative estimate of drug-likeness (QED) is 0.608. The number of rotatable bonds is 2. The SMILES string of the molecule is CC(C)C(=O)c1cc2cc3c(cc2oc1=O)N(C)C(C)(C)C[C@H]3C. The van der Waals surface area contributed by atoms with E-state index in [1.54, 1.807) is 19.9 Å². The highest BCUT2D eigenvalue weighted by Gasteiger charge is 2.34. The molecule has 1 aromatic heterocycles. The summed E-state index contributed by atoms with van der Waals surface area (Å²) in [6.07, 6.45) is 1.05. The van der Waals surface area contributed by atoms with E-state index in [0.717, 1.165) is 17.5 Å². The van der Waals surface area contributed by atoms with Gasteiger partial charge in [-0.3, -0.25) is 4.79 Å².